The molecule has 0 N–H and O–H groups in total. The van der Waals surface area contributed by atoms with Crippen LogP contribution in [0.1, 0.15) is 18.4 Å². The van der Waals surface area contributed by atoms with Crippen molar-refractivity contribution in [2.45, 2.75) is 19.3 Å². The van der Waals surface area contributed by atoms with Gasteiger partial charge in [-0.1, -0.05) is 28.1 Å². The number of ketones is 1. The molecule has 1 unspecified atom stereocenters. The Morgan fingerprint density at radius 2 is 2.17 bits per heavy atom. The topological polar surface area (TPSA) is 51.2 Å². The number of rotatable bonds is 4. The van der Waals surface area contributed by atoms with E-state index in [1.807, 2.05) is 24.3 Å². The second-order valence-corrected chi connectivity index (χ2v) is 7.96. The molecule has 1 saturated heterocycles. The van der Waals surface area contributed by atoms with E-state index in [9.17, 15) is 13.2 Å². The minimum atomic E-state index is -2.88. The fraction of sp³-hybridized carbons (Fsp3) is 0.462. The molecule has 1 aliphatic rings. The lowest BCUT2D eigenvalue weighted by molar-refractivity contribution is -0.119. The zero-order chi connectivity index (χ0) is 13.2. The number of halogens is 1. The lowest BCUT2D eigenvalue weighted by atomic mass is 9.98. The van der Waals surface area contributed by atoms with Crippen molar-refractivity contribution in [1.82, 2.24) is 0 Å². The number of carbonyl (C=O) groups is 1. The molecule has 0 amide bonds. The Morgan fingerprint density at radius 1 is 1.39 bits per heavy atom. The molecule has 1 aliphatic heterocycles. The third-order valence-electron chi connectivity index (χ3n) is 3.13. The van der Waals surface area contributed by atoms with E-state index < -0.39 is 9.84 Å². The lowest BCUT2D eigenvalue weighted by Gasteiger charge is -2.06. The van der Waals surface area contributed by atoms with Gasteiger partial charge in [0, 0.05) is 17.3 Å². The molecule has 1 fully saturated rings. The van der Waals surface area contributed by atoms with Crippen molar-refractivity contribution in [3.63, 3.8) is 0 Å². The predicted octanol–water partition coefficient (Wildman–Crippen LogP) is 2.39. The molecule has 0 bridgehead atoms. The summed E-state index contributed by atoms with van der Waals surface area (Å²) in [4.78, 5) is 11.9. The van der Waals surface area contributed by atoms with Gasteiger partial charge in [0.25, 0.3) is 0 Å². The monoisotopic (exact) mass is 330 g/mol. The number of hydrogen-bond acceptors (Lipinski definition) is 3. The first kappa shape index (κ1) is 13.7. The van der Waals surface area contributed by atoms with Crippen molar-refractivity contribution in [1.29, 1.82) is 0 Å². The van der Waals surface area contributed by atoms with Crippen LogP contribution in [0.15, 0.2) is 28.7 Å². The predicted molar refractivity (Wildman–Crippen MR) is 74.2 cm³/mol. The van der Waals surface area contributed by atoms with Gasteiger partial charge in [0.05, 0.1) is 11.5 Å². The Bertz CT molecular complexity index is 551. The Kier molecular flexibility index (Phi) is 4.22. The average molecular weight is 331 g/mol. The van der Waals surface area contributed by atoms with Gasteiger partial charge in [-0.2, -0.15) is 0 Å². The first-order valence-electron chi connectivity index (χ1n) is 5.91. The van der Waals surface area contributed by atoms with Crippen LogP contribution in [0.3, 0.4) is 0 Å². The van der Waals surface area contributed by atoms with E-state index in [2.05, 4.69) is 15.9 Å². The highest BCUT2D eigenvalue weighted by molar-refractivity contribution is 9.10. The van der Waals surface area contributed by atoms with Gasteiger partial charge in [-0.15, -0.1) is 0 Å². The van der Waals surface area contributed by atoms with Crippen molar-refractivity contribution in [3.8, 4) is 0 Å². The summed E-state index contributed by atoms with van der Waals surface area (Å²) in [6.07, 6.45) is 1.40. The first-order chi connectivity index (χ1) is 8.44. The van der Waals surface area contributed by atoms with Crippen LogP contribution in [-0.2, 0) is 21.1 Å². The van der Waals surface area contributed by atoms with Crippen LogP contribution < -0.4 is 0 Å². The van der Waals surface area contributed by atoms with Gasteiger partial charge in [-0.05, 0) is 30.0 Å². The van der Waals surface area contributed by atoms with Crippen molar-refractivity contribution in [2.75, 3.05) is 11.5 Å². The molecule has 1 aromatic rings. The van der Waals surface area contributed by atoms with Gasteiger partial charge in [-0.3, -0.25) is 4.79 Å². The molecule has 0 saturated carbocycles. The maximum Gasteiger partial charge on any atom is 0.150 e. The Labute approximate surface area is 116 Å². The molecule has 1 aromatic carbocycles. The molecule has 98 valence electrons. The standard InChI is InChI=1S/C13H15BrO3S/c14-12-3-1-2-10(6-12)7-13(15)8-11-4-5-18(16,17)9-11/h1-3,6,11H,4-5,7-9H2. The Hall–Kier alpha value is -0.680. The Morgan fingerprint density at radius 3 is 2.78 bits per heavy atom. The van der Waals surface area contributed by atoms with Crippen LogP contribution in [-0.4, -0.2) is 25.7 Å². The maximum absolute atomic E-state index is 11.9. The summed E-state index contributed by atoms with van der Waals surface area (Å²) in [7, 11) is -2.88. The van der Waals surface area contributed by atoms with Crippen molar-refractivity contribution in [3.05, 3.63) is 34.3 Å². The SMILES string of the molecule is O=C(Cc1cccc(Br)c1)CC1CCS(=O)(=O)C1. The van der Waals surface area contributed by atoms with Crippen LogP contribution >= 0.6 is 15.9 Å². The third-order valence-corrected chi connectivity index (χ3v) is 5.46. The number of carbonyl (C=O) groups excluding carboxylic acids is 1. The summed E-state index contributed by atoms with van der Waals surface area (Å²) in [5.41, 5.74) is 0.968. The van der Waals surface area contributed by atoms with E-state index in [4.69, 9.17) is 0 Å². The van der Waals surface area contributed by atoms with E-state index in [0.29, 0.717) is 19.3 Å². The number of hydrogen-bond donors (Lipinski definition) is 0. The molecule has 0 aromatic heterocycles. The highest BCUT2D eigenvalue weighted by Gasteiger charge is 2.29. The normalized spacial score (nSPS) is 21.9. The smallest absolute Gasteiger partial charge is 0.150 e. The quantitative estimate of drug-likeness (QED) is 0.851. The van der Waals surface area contributed by atoms with Crippen LogP contribution in [0, 0.1) is 5.92 Å². The molecular weight excluding hydrogens is 316 g/mol. The molecule has 0 radical (unpaired) electrons. The van der Waals surface area contributed by atoms with Crippen molar-refractivity contribution < 1.29 is 13.2 Å². The highest BCUT2D eigenvalue weighted by Crippen LogP contribution is 2.22. The number of benzene rings is 1. The van der Waals surface area contributed by atoms with E-state index in [-0.39, 0.29) is 23.2 Å². The van der Waals surface area contributed by atoms with Crippen LogP contribution in [0.5, 0.6) is 0 Å². The maximum atomic E-state index is 11.9. The lowest BCUT2D eigenvalue weighted by Crippen LogP contribution is -2.12. The minimum Gasteiger partial charge on any atom is -0.299 e. The summed E-state index contributed by atoms with van der Waals surface area (Å²) in [5.74, 6) is 0.559. The van der Waals surface area contributed by atoms with Gasteiger partial charge in [-0.25, -0.2) is 8.42 Å². The zero-order valence-electron chi connectivity index (χ0n) is 9.93. The first-order valence-corrected chi connectivity index (χ1v) is 8.52. The fourth-order valence-corrected chi connectivity index (χ4v) is 4.61. The summed E-state index contributed by atoms with van der Waals surface area (Å²) in [6, 6.07) is 7.64. The summed E-state index contributed by atoms with van der Waals surface area (Å²) >= 11 is 3.36. The van der Waals surface area contributed by atoms with E-state index in [1.54, 1.807) is 0 Å². The second kappa shape index (κ2) is 5.53. The van der Waals surface area contributed by atoms with Crippen LogP contribution in [0.4, 0.5) is 0 Å². The molecule has 2 rings (SSSR count). The molecule has 3 nitrogen and oxygen atoms in total. The molecule has 1 heterocycles. The van der Waals surface area contributed by atoms with Gasteiger partial charge in [0.2, 0.25) is 0 Å². The van der Waals surface area contributed by atoms with Crippen molar-refractivity contribution >= 4 is 31.6 Å². The summed E-state index contributed by atoms with van der Waals surface area (Å²) < 4.78 is 23.6. The van der Waals surface area contributed by atoms with Crippen LogP contribution in [0.2, 0.25) is 0 Å². The van der Waals surface area contributed by atoms with Gasteiger partial charge < -0.3 is 0 Å². The molecule has 18 heavy (non-hydrogen) atoms. The molecule has 0 aliphatic carbocycles. The number of sulfone groups is 1. The largest absolute Gasteiger partial charge is 0.299 e. The summed E-state index contributed by atoms with van der Waals surface area (Å²) in [5, 5.41) is 0. The third kappa shape index (κ3) is 3.92. The average Bonchev–Trinajstić information content (AvgIpc) is 2.57. The van der Waals surface area contributed by atoms with Gasteiger partial charge in [0.1, 0.15) is 5.78 Å². The van der Waals surface area contributed by atoms with Crippen LogP contribution in [0.25, 0.3) is 0 Å². The van der Waals surface area contributed by atoms with Gasteiger partial charge in [0.15, 0.2) is 9.84 Å². The van der Waals surface area contributed by atoms with E-state index >= 15 is 0 Å². The van der Waals surface area contributed by atoms with Gasteiger partial charge >= 0.3 is 0 Å². The fourth-order valence-electron chi connectivity index (χ4n) is 2.30. The van der Waals surface area contributed by atoms with E-state index in [1.165, 1.54) is 0 Å². The van der Waals surface area contributed by atoms with Crippen molar-refractivity contribution in [2.24, 2.45) is 5.92 Å². The Balaban J connectivity index is 1.90. The second-order valence-electron chi connectivity index (χ2n) is 4.82. The molecular formula is C13H15BrO3S. The minimum absolute atomic E-state index is 0.0228. The summed E-state index contributed by atoms with van der Waals surface area (Å²) in [6.45, 7) is 0. The highest BCUT2D eigenvalue weighted by atomic mass is 79.9. The molecule has 0 spiro atoms. The number of Topliss-reactive ketones (excluding diaryl/α,β-unsaturated/α-hetero) is 1. The molecule has 1 atom stereocenters. The van der Waals surface area contributed by atoms with E-state index in [0.717, 1.165) is 10.0 Å². The molecule has 5 heteroatoms. The zero-order valence-corrected chi connectivity index (χ0v) is 12.3.